The highest BCUT2D eigenvalue weighted by Crippen LogP contribution is 2.26. The summed E-state index contributed by atoms with van der Waals surface area (Å²) in [4.78, 5) is 24.0. The molecular formula is C22H20BrN3O4S. The molecule has 0 fully saturated rings. The van der Waals surface area contributed by atoms with Crippen LogP contribution < -0.4 is 25.6 Å². The number of nitrogens with one attached hydrogen (secondary N) is 3. The number of ether oxygens (including phenoxy) is 2. The van der Waals surface area contributed by atoms with Crippen molar-refractivity contribution in [1.29, 1.82) is 0 Å². The molecule has 2 amide bonds. The molecule has 0 radical (unpaired) electrons. The summed E-state index contributed by atoms with van der Waals surface area (Å²) in [6, 6.07) is 18.9. The molecule has 9 heteroatoms. The third kappa shape index (κ3) is 6.66. The van der Waals surface area contributed by atoms with E-state index in [2.05, 4.69) is 32.1 Å². The van der Waals surface area contributed by atoms with Gasteiger partial charge in [-0.3, -0.25) is 25.8 Å². The number of hydrogen-bond donors (Lipinski definition) is 3. The van der Waals surface area contributed by atoms with Gasteiger partial charge >= 0.3 is 0 Å². The molecule has 3 aromatic rings. The molecule has 0 aliphatic rings. The molecule has 3 N–H and O–H groups in total. The van der Waals surface area contributed by atoms with Gasteiger partial charge in [-0.15, -0.1) is 0 Å². The minimum absolute atomic E-state index is 0.0589. The van der Waals surface area contributed by atoms with E-state index in [1.165, 1.54) is 0 Å². The monoisotopic (exact) mass is 501 g/mol. The van der Waals surface area contributed by atoms with Crippen LogP contribution in [-0.4, -0.2) is 30.1 Å². The zero-order chi connectivity index (χ0) is 22.2. The van der Waals surface area contributed by atoms with E-state index in [9.17, 15) is 9.59 Å². The van der Waals surface area contributed by atoms with Crippen molar-refractivity contribution in [2.24, 2.45) is 0 Å². The van der Waals surface area contributed by atoms with Crippen molar-refractivity contribution in [2.45, 2.75) is 6.92 Å². The molecule has 0 saturated carbocycles. The Morgan fingerprint density at radius 1 is 0.903 bits per heavy atom. The number of hydrogen-bond acceptors (Lipinski definition) is 5. The molecule has 7 nitrogen and oxygen atoms in total. The summed E-state index contributed by atoms with van der Waals surface area (Å²) in [7, 11) is 0. The number of fused-ring (bicyclic) bond motifs is 1. The fourth-order valence-corrected chi connectivity index (χ4v) is 3.46. The van der Waals surface area contributed by atoms with Gasteiger partial charge in [0.25, 0.3) is 11.8 Å². The van der Waals surface area contributed by atoms with E-state index in [1.807, 2.05) is 55.5 Å². The van der Waals surface area contributed by atoms with Crippen LogP contribution in [0.4, 0.5) is 0 Å². The van der Waals surface area contributed by atoms with Crippen molar-refractivity contribution in [3.05, 3.63) is 70.7 Å². The predicted octanol–water partition coefficient (Wildman–Crippen LogP) is 3.39. The second kappa shape index (κ2) is 10.7. The summed E-state index contributed by atoms with van der Waals surface area (Å²) in [5.74, 6) is 0.220. The van der Waals surface area contributed by atoms with E-state index in [0.717, 1.165) is 20.8 Å². The number of rotatable bonds is 6. The number of hydrazine groups is 1. The molecule has 0 bridgehead atoms. The van der Waals surface area contributed by atoms with Crippen molar-refractivity contribution in [2.75, 3.05) is 13.2 Å². The highest BCUT2D eigenvalue weighted by atomic mass is 79.9. The molecule has 0 spiro atoms. The summed E-state index contributed by atoms with van der Waals surface area (Å²) < 4.78 is 11.8. The van der Waals surface area contributed by atoms with Crippen LogP contribution in [-0.2, 0) is 9.59 Å². The van der Waals surface area contributed by atoms with Gasteiger partial charge in [0.15, 0.2) is 18.3 Å². The van der Waals surface area contributed by atoms with E-state index in [1.54, 1.807) is 12.1 Å². The van der Waals surface area contributed by atoms with Gasteiger partial charge in [-0.25, -0.2) is 0 Å². The third-order valence-corrected chi connectivity index (χ3v) is 4.95. The lowest BCUT2D eigenvalue weighted by Gasteiger charge is -2.13. The van der Waals surface area contributed by atoms with Crippen LogP contribution >= 0.6 is 28.1 Å². The summed E-state index contributed by atoms with van der Waals surface area (Å²) in [5, 5.41) is 4.30. The number of amides is 2. The van der Waals surface area contributed by atoms with Crippen molar-refractivity contribution < 1.29 is 19.1 Å². The number of halogens is 1. The van der Waals surface area contributed by atoms with Crippen LogP contribution in [0.25, 0.3) is 10.8 Å². The Labute approximate surface area is 193 Å². The number of aryl methyl sites for hydroxylation is 1. The van der Waals surface area contributed by atoms with E-state index in [0.29, 0.717) is 11.5 Å². The highest BCUT2D eigenvalue weighted by Gasteiger charge is 2.10. The predicted molar refractivity (Wildman–Crippen MR) is 126 cm³/mol. The first-order valence-corrected chi connectivity index (χ1v) is 10.5. The Kier molecular flexibility index (Phi) is 7.80. The summed E-state index contributed by atoms with van der Waals surface area (Å²) in [5.41, 5.74) is 5.88. The van der Waals surface area contributed by atoms with Crippen LogP contribution in [0.3, 0.4) is 0 Å². The molecule has 0 atom stereocenters. The lowest BCUT2D eigenvalue weighted by Crippen LogP contribution is -2.50. The Morgan fingerprint density at radius 3 is 2.42 bits per heavy atom. The second-order valence-corrected chi connectivity index (χ2v) is 7.80. The van der Waals surface area contributed by atoms with Crippen LogP contribution in [0.1, 0.15) is 5.56 Å². The Hall–Kier alpha value is -3.17. The Morgan fingerprint density at radius 2 is 1.61 bits per heavy atom. The van der Waals surface area contributed by atoms with Gasteiger partial charge in [-0.2, -0.15) is 0 Å². The van der Waals surface area contributed by atoms with Gasteiger partial charge in [0.2, 0.25) is 0 Å². The minimum Gasteiger partial charge on any atom is -0.483 e. The van der Waals surface area contributed by atoms with Crippen LogP contribution in [0, 0.1) is 6.92 Å². The topological polar surface area (TPSA) is 88.7 Å². The second-order valence-electron chi connectivity index (χ2n) is 6.54. The standard InChI is InChI=1S/C22H20BrN3O4S/c1-14-9-10-19(17(23)11-14)30-13-21(28)25-26-22(31)24-20(27)12-29-18-8-4-6-15-5-2-3-7-16(15)18/h2-11H,12-13H2,1H3,(H,25,28)(H2,24,26,27,31). The van der Waals surface area contributed by atoms with E-state index in [-0.39, 0.29) is 18.3 Å². The molecule has 0 unspecified atom stereocenters. The number of thiocarbonyl (C=S) groups is 1. The van der Waals surface area contributed by atoms with Crippen LogP contribution in [0.15, 0.2) is 65.1 Å². The normalized spacial score (nSPS) is 10.3. The smallest absolute Gasteiger partial charge is 0.276 e. The molecule has 0 aliphatic heterocycles. The van der Waals surface area contributed by atoms with E-state index in [4.69, 9.17) is 21.7 Å². The molecule has 0 aliphatic carbocycles. The lowest BCUT2D eigenvalue weighted by atomic mass is 10.1. The Balaban J connectivity index is 1.39. The van der Waals surface area contributed by atoms with Gasteiger partial charge in [-0.05, 0) is 64.2 Å². The van der Waals surface area contributed by atoms with Crippen LogP contribution in [0.2, 0.25) is 0 Å². The minimum atomic E-state index is -0.462. The SMILES string of the molecule is Cc1ccc(OCC(=O)NNC(=S)NC(=O)COc2cccc3ccccc23)c(Br)c1. The average Bonchev–Trinajstić information content (AvgIpc) is 2.75. The molecule has 0 aromatic heterocycles. The summed E-state index contributed by atoms with van der Waals surface area (Å²) in [6.45, 7) is 1.50. The quantitative estimate of drug-likeness (QED) is 0.354. The van der Waals surface area contributed by atoms with Gasteiger partial charge < -0.3 is 9.47 Å². The molecule has 31 heavy (non-hydrogen) atoms. The Bertz CT molecular complexity index is 1120. The molecule has 0 saturated heterocycles. The number of carbonyl (C=O) groups excluding carboxylic acids is 2. The van der Waals surface area contributed by atoms with Crippen molar-refractivity contribution >= 4 is 55.8 Å². The van der Waals surface area contributed by atoms with Gasteiger partial charge in [-0.1, -0.05) is 42.5 Å². The molecule has 3 rings (SSSR count). The molecule has 0 heterocycles. The third-order valence-electron chi connectivity index (χ3n) is 4.12. The summed E-state index contributed by atoms with van der Waals surface area (Å²) >= 11 is 8.39. The molecule has 160 valence electrons. The zero-order valence-electron chi connectivity index (χ0n) is 16.6. The summed E-state index contributed by atoms with van der Waals surface area (Å²) in [6.07, 6.45) is 0. The van der Waals surface area contributed by atoms with E-state index < -0.39 is 11.8 Å². The maximum Gasteiger partial charge on any atom is 0.276 e. The maximum atomic E-state index is 12.1. The lowest BCUT2D eigenvalue weighted by molar-refractivity contribution is -0.124. The first-order chi connectivity index (χ1) is 14.9. The first kappa shape index (κ1) is 22.5. The first-order valence-electron chi connectivity index (χ1n) is 9.30. The number of carbonyl (C=O) groups is 2. The fourth-order valence-electron chi connectivity index (χ4n) is 2.69. The van der Waals surface area contributed by atoms with Crippen molar-refractivity contribution in [3.8, 4) is 11.5 Å². The maximum absolute atomic E-state index is 12.1. The van der Waals surface area contributed by atoms with Gasteiger partial charge in [0.05, 0.1) is 4.47 Å². The largest absolute Gasteiger partial charge is 0.483 e. The van der Waals surface area contributed by atoms with Gasteiger partial charge in [0.1, 0.15) is 11.5 Å². The fraction of sp³-hybridized carbons (Fsp3) is 0.136. The van der Waals surface area contributed by atoms with Crippen molar-refractivity contribution in [3.63, 3.8) is 0 Å². The van der Waals surface area contributed by atoms with Gasteiger partial charge in [0, 0.05) is 5.39 Å². The highest BCUT2D eigenvalue weighted by molar-refractivity contribution is 9.10. The van der Waals surface area contributed by atoms with Crippen molar-refractivity contribution in [1.82, 2.24) is 16.2 Å². The van der Waals surface area contributed by atoms with E-state index >= 15 is 0 Å². The average molecular weight is 502 g/mol. The molecular weight excluding hydrogens is 482 g/mol. The number of benzene rings is 3. The van der Waals surface area contributed by atoms with Crippen LogP contribution in [0.5, 0.6) is 11.5 Å². The molecule has 3 aromatic carbocycles. The zero-order valence-corrected chi connectivity index (χ0v) is 19.0.